The Balaban J connectivity index is 1.89. The van der Waals surface area contributed by atoms with Gasteiger partial charge in [0, 0.05) is 16.6 Å². The molecule has 0 radical (unpaired) electrons. The van der Waals surface area contributed by atoms with Crippen LogP contribution in [0.5, 0.6) is 0 Å². The third-order valence-electron chi connectivity index (χ3n) is 4.21. The van der Waals surface area contributed by atoms with Crippen LogP contribution in [0.2, 0.25) is 0 Å². The van der Waals surface area contributed by atoms with Gasteiger partial charge in [-0.25, -0.2) is 4.79 Å². The van der Waals surface area contributed by atoms with Crippen molar-refractivity contribution in [1.29, 1.82) is 0 Å². The summed E-state index contributed by atoms with van der Waals surface area (Å²) in [4.78, 5) is 29.4. The van der Waals surface area contributed by atoms with E-state index in [0.717, 1.165) is 28.6 Å². The van der Waals surface area contributed by atoms with Crippen molar-refractivity contribution in [2.45, 2.75) is 20.3 Å². The molecule has 0 unspecified atom stereocenters. The summed E-state index contributed by atoms with van der Waals surface area (Å²) >= 11 is 0. The molecule has 4 nitrogen and oxygen atoms in total. The van der Waals surface area contributed by atoms with Gasteiger partial charge in [0.25, 0.3) is 0 Å². The molecule has 0 atom stereocenters. The third kappa shape index (κ3) is 3.43. The Morgan fingerprint density at radius 2 is 1.68 bits per heavy atom. The number of ether oxygens (including phenoxy) is 1. The number of Topliss-reactive ketones (excluding diaryl/α,β-unsaturated/α-hetero) is 1. The standard InChI is InChI=1S/C21H19NO3/c1-3-17-14(2)20(16-11-7-8-12-18(16)22-17)21(24)25-13-19(23)15-9-5-4-6-10-15/h4-12H,3,13H2,1-2H3. The van der Waals surface area contributed by atoms with E-state index in [-0.39, 0.29) is 12.4 Å². The molecule has 0 saturated heterocycles. The molecule has 0 amide bonds. The van der Waals surface area contributed by atoms with Crippen LogP contribution in [0.15, 0.2) is 54.6 Å². The van der Waals surface area contributed by atoms with Gasteiger partial charge in [0.15, 0.2) is 12.4 Å². The number of hydrogen-bond acceptors (Lipinski definition) is 4. The van der Waals surface area contributed by atoms with E-state index in [4.69, 9.17) is 4.74 Å². The second-order valence-electron chi connectivity index (χ2n) is 5.79. The first-order valence-electron chi connectivity index (χ1n) is 8.25. The molecule has 2 aromatic carbocycles. The first kappa shape index (κ1) is 16.8. The van der Waals surface area contributed by atoms with E-state index in [1.165, 1.54) is 0 Å². The number of para-hydroxylation sites is 1. The van der Waals surface area contributed by atoms with Gasteiger partial charge in [-0.2, -0.15) is 0 Å². The van der Waals surface area contributed by atoms with Crippen LogP contribution in [-0.2, 0) is 11.2 Å². The lowest BCUT2D eigenvalue weighted by molar-refractivity contribution is 0.0476. The molecule has 126 valence electrons. The van der Waals surface area contributed by atoms with Crippen molar-refractivity contribution >= 4 is 22.7 Å². The highest BCUT2D eigenvalue weighted by Crippen LogP contribution is 2.24. The second kappa shape index (κ2) is 7.26. The van der Waals surface area contributed by atoms with E-state index < -0.39 is 5.97 Å². The third-order valence-corrected chi connectivity index (χ3v) is 4.21. The molecule has 0 fully saturated rings. The number of aryl methyl sites for hydroxylation is 1. The van der Waals surface area contributed by atoms with Gasteiger partial charge >= 0.3 is 5.97 Å². The minimum Gasteiger partial charge on any atom is -0.454 e. The summed E-state index contributed by atoms with van der Waals surface area (Å²) in [6, 6.07) is 16.3. The van der Waals surface area contributed by atoms with Gasteiger partial charge in [-0.15, -0.1) is 0 Å². The summed E-state index contributed by atoms with van der Waals surface area (Å²) in [7, 11) is 0. The van der Waals surface area contributed by atoms with Crippen LogP contribution in [0.1, 0.15) is 38.9 Å². The van der Waals surface area contributed by atoms with Gasteiger partial charge in [-0.05, 0) is 25.0 Å². The predicted octanol–water partition coefficient (Wildman–Crippen LogP) is 4.15. The van der Waals surface area contributed by atoms with Gasteiger partial charge in [-0.3, -0.25) is 9.78 Å². The number of fused-ring (bicyclic) bond motifs is 1. The number of ketones is 1. The maximum atomic E-state index is 12.7. The zero-order valence-electron chi connectivity index (χ0n) is 14.3. The van der Waals surface area contributed by atoms with Gasteiger partial charge in [0.1, 0.15) is 0 Å². The van der Waals surface area contributed by atoms with Gasteiger partial charge in [-0.1, -0.05) is 55.5 Å². The molecule has 1 heterocycles. The summed E-state index contributed by atoms with van der Waals surface area (Å²) in [5.41, 5.74) is 3.44. The van der Waals surface area contributed by atoms with Crippen LogP contribution in [-0.4, -0.2) is 23.3 Å². The minimum atomic E-state index is -0.491. The van der Waals surface area contributed by atoms with Crippen molar-refractivity contribution in [3.63, 3.8) is 0 Å². The Labute approximate surface area is 146 Å². The molecule has 0 aliphatic rings. The monoisotopic (exact) mass is 333 g/mol. The molecule has 0 spiro atoms. The molecular formula is C21H19NO3. The van der Waals surface area contributed by atoms with Crippen LogP contribution >= 0.6 is 0 Å². The summed E-state index contributed by atoms with van der Waals surface area (Å²) in [6.45, 7) is 3.59. The molecule has 1 aromatic heterocycles. The van der Waals surface area contributed by atoms with E-state index in [1.54, 1.807) is 24.3 Å². The number of benzene rings is 2. The molecule has 4 heteroatoms. The predicted molar refractivity (Wildman–Crippen MR) is 96.9 cm³/mol. The normalized spacial score (nSPS) is 10.6. The van der Waals surface area contributed by atoms with Crippen LogP contribution in [0.3, 0.4) is 0 Å². The number of carbonyl (C=O) groups excluding carboxylic acids is 2. The quantitative estimate of drug-likeness (QED) is 0.520. The second-order valence-corrected chi connectivity index (χ2v) is 5.79. The molecule has 3 aromatic rings. The van der Waals surface area contributed by atoms with Crippen LogP contribution < -0.4 is 0 Å². The number of carbonyl (C=O) groups is 2. The molecule has 0 saturated carbocycles. The Morgan fingerprint density at radius 1 is 1.00 bits per heavy atom. The lowest BCUT2D eigenvalue weighted by Gasteiger charge is -2.13. The summed E-state index contributed by atoms with van der Waals surface area (Å²) < 4.78 is 5.32. The number of hydrogen-bond donors (Lipinski definition) is 0. The number of pyridine rings is 1. The average Bonchev–Trinajstić information content (AvgIpc) is 2.66. The summed E-state index contributed by atoms with van der Waals surface area (Å²) in [5, 5.41) is 0.745. The zero-order valence-corrected chi connectivity index (χ0v) is 14.3. The number of nitrogens with zero attached hydrogens (tertiary/aromatic N) is 1. The topological polar surface area (TPSA) is 56.3 Å². The van der Waals surface area contributed by atoms with Crippen molar-refractivity contribution in [1.82, 2.24) is 4.98 Å². The van der Waals surface area contributed by atoms with Crippen molar-refractivity contribution in [2.24, 2.45) is 0 Å². The maximum absolute atomic E-state index is 12.7. The van der Waals surface area contributed by atoms with Crippen molar-refractivity contribution in [3.05, 3.63) is 77.0 Å². The molecule has 0 aliphatic heterocycles. The lowest BCUT2D eigenvalue weighted by Crippen LogP contribution is -2.16. The Kier molecular flexibility index (Phi) is 4.89. The molecular weight excluding hydrogens is 314 g/mol. The smallest absolute Gasteiger partial charge is 0.339 e. The lowest BCUT2D eigenvalue weighted by atomic mass is 10.0. The van der Waals surface area contributed by atoms with E-state index >= 15 is 0 Å². The molecule has 0 bridgehead atoms. The number of aromatic nitrogens is 1. The van der Waals surface area contributed by atoms with E-state index in [1.807, 2.05) is 44.2 Å². The number of esters is 1. The molecule has 0 N–H and O–H groups in total. The van der Waals surface area contributed by atoms with E-state index in [9.17, 15) is 9.59 Å². The van der Waals surface area contributed by atoms with Crippen molar-refractivity contribution < 1.29 is 14.3 Å². The van der Waals surface area contributed by atoms with Gasteiger partial charge in [0.05, 0.1) is 11.1 Å². The highest BCUT2D eigenvalue weighted by molar-refractivity contribution is 6.06. The first-order valence-corrected chi connectivity index (χ1v) is 8.25. The first-order chi connectivity index (χ1) is 12.1. The summed E-state index contributed by atoms with van der Waals surface area (Å²) in [5.74, 6) is -0.712. The van der Waals surface area contributed by atoms with Crippen LogP contribution in [0.25, 0.3) is 10.9 Å². The SMILES string of the molecule is CCc1nc2ccccc2c(C(=O)OCC(=O)c2ccccc2)c1C. The number of rotatable bonds is 5. The fourth-order valence-electron chi connectivity index (χ4n) is 2.88. The maximum Gasteiger partial charge on any atom is 0.339 e. The fraction of sp³-hybridized carbons (Fsp3) is 0.190. The largest absolute Gasteiger partial charge is 0.454 e. The highest BCUT2D eigenvalue weighted by Gasteiger charge is 2.19. The minimum absolute atomic E-state index is 0.222. The molecule has 3 rings (SSSR count). The molecule has 25 heavy (non-hydrogen) atoms. The zero-order chi connectivity index (χ0) is 17.8. The Hall–Kier alpha value is -3.01. The average molecular weight is 333 g/mol. The van der Waals surface area contributed by atoms with Crippen LogP contribution in [0, 0.1) is 6.92 Å². The Morgan fingerprint density at radius 3 is 2.40 bits per heavy atom. The van der Waals surface area contributed by atoms with E-state index in [2.05, 4.69) is 4.98 Å². The molecule has 0 aliphatic carbocycles. The fourth-order valence-corrected chi connectivity index (χ4v) is 2.88. The van der Waals surface area contributed by atoms with Crippen molar-refractivity contribution in [3.8, 4) is 0 Å². The van der Waals surface area contributed by atoms with Crippen molar-refractivity contribution in [2.75, 3.05) is 6.61 Å². The highest BCUT2D eigenvalue weighted by atomic mass is 16.5. The summed E-state index contributed by atoms with van der Waals surface area (Å²) in [6.07, 6.45) is 0.722. The Bertz CT molecular complexity index is 933. The van der Waals surface area contributed by atoms with E-state index in [0.29, 0.717) is 11.1 Å². The van der Waals surface area contributed by atoms with Gasteiger partial charge in [0.2, 0.25) is 0 Å². The van der Waals surface area contributed by atoms with Gasteiger partial charge < -0.3 is 4.74 Å². The van der Waals surface area contributed by atoms with Crippen LogP contribution in [0.4, 0.5) is 0 Å².